The predicted molar refractivity (Wildman–Crippen MR) is 82.1 cm³/mol. The molecule has 2 saturated carbocycles. The third-order valence-electron chi connectivity index (χ3n) is 5.02. The summed E-state index contributed by atoms with van der Waals surface area (Å²) in [5.74, 6) is 2.45. The maximum Gasteiger partial charge on any atom is 0.419 e. The SMILES string of the molecule is CCn1c(=O)oc2cc(C(Br)C3CC4CC4C3)ccc21. The summed E-state index contributed by atoms with van der Waals surface area (Å²) < 4.78 is 7.03. The van der Waals surface area contributed by atoms with Gasteiger partial charge >= 0.3 is 5.76 Å². The normalized spacial score (nSPS) is 29.6. The molecule has 0 bridgehead atoms. The Balaban J connectivity index is 1.68. The van der Waals surface area contributed by atoms with Crippen LogP contribution in [0, 0.1) is 17.8 Å². The zero-order chi connectivity index (χ0) is 13.9. The highest BCUT2D eigenvalue weighted by Crippen LogP contribution is 2.58. The molecule has 2 fully saturated rings. The molecule has 4 rings (SSSR count). The summed E-state index contributed by atoms with van der Waals surface area (Å²) >= 11 is 3.86. The number of rotatable bonds is 3. The monoisotopic (exact) mass is 335 g/mol. The van der Waals surface area contributed by atoms with Crippen LogP contribution in [-0.4, -0.2) is 4.57 Å². The fraction of sp³-hybridized carbons (Fsp3) is 0.562. The number of hydrogen-bond acceptors (Lipinski definition) is 2. The molecule has 0 spiro atoms. The van der Waals surface area contributed by atoms with Crippen LogP contribution in [0.2, 0.25) is 0 Å². The number of aromatic nitrogens is 1. The number of nitrogens with zero attached hydrogens (tertiary/aromatic N) is 1. The summed E-state index contributed by atoms with van der Waals surface area (Å²) in [7, 11) is 0. The maximum atomic E-state index is 11.7. The molecule has 0 radical (unpaired) electrons. The van der Waals surface area contributed by atoms with Crippen molar-refractivity contribution in [2.45, 2.75) is 37.6 Å². The number of aryl methyl sites for hydroxylation is 1. The van der Waals surface area contributed by atoms with Gasteiger partial charge in [-0.05, 0) is 61.6 Å². The van der Waals surface area contributed by atoms with E-state index < -0.39 is 0 Å². The summed E-state index contributed by atoms with van der Waals surface area (Å²) in [6.45, 7) is 2.61. The van der Waals surface area contributed by atoms with E-state index in [0.717, 1.165) is 23.3 Å². The van der Waals surface area contributed by atoms with E-state index in [9.17, 15) is 4.79 Å². The quantitative estimate of drug-likeness (QED) is 0.791. The van der Waals surface area contributed by atoms with E-state index in [1.165, 1.54) is 24.8 Å². The van der Waals surface area contributed by atoms with E-state index in [1.807, 2.05) is 19.1 Å². The lowest BCUT2D eigenvalue weighted by molar-refractivity contribution is 0.481. The third kappa shape index (κ3) is 1.88. The molecule has 0 saturated heterocycles. The largest absolute Gasteiger partial charge is 0.419 e. The molecule has 2 aliphatic rings. The smallest absolute Gasteiger partial charge is 0.408 e. The molecule has 1 heterocycles. The molecule has 1 aromatic heterocycles. The topological polar surface area (TPSA) is 35.1 Å². The first kappa shape index (κ1) is 12.7. The van der Waals surface area contributed by atoms with Crippen molar-refractivity contribution < 1.29 is 4.42 Å². The van der Waals surface area contributed by atoms with Gasteiger partial charge in [0.1, 0.15) is 0 Å². The Morgan fingerprint density at radius 3 is 2.80 bits per heavy atom. The van der Waals surface area contributed by atoms with Crippen LogP contribution in [0.4, 0.5) is 0 Å². The number of oxazole rings is 1. The van der Waals surface area contributed by atoms with Crippen molar-refractivity contribution in [1.29, 1.82) is 0 Å². The van der Waals surface area contributed by atoms with Gasteiger partial charge in [-0.1, -0.05) is 22.0 Å². The molecule has 2 aromatic rings. The number of fused-ring (bicyclic) bond motifs is 2. The highest BCUT2D eigenvalue weighted by atomic mass is 79.9. The summed E-state index contributed by atoms with van der Waals surface area (Å²) in [5, 5.41) is 0. The van der Waals surface area contributed by atoms with Gasteiger partial charge in [0.05, 0.1) is 5.52 Å². The average Bonchev–Trinajstić information content (AvgIpc) is 2.93. The first-order valence-electron chi connectivity index (χ1n) is 7.44. The number of hydrogen-bond donors (Lipinski definition) is 0. The van der Waals surface area contributed by atoms with Crippen LogP contribution in [0.5, 0.6) is 0 Å². The average molecular weight is 336 g/mol. The maximum absolute atomic E-state index is 11.7. The molecular formula is C16H18BrNO2. The second kappa shape index (κ2) is 4.48. The molecule has 4 heteroatoms. The van der Waals surface area contributed by atoms with E-state index in [0.29, 0.717) is 17.0 Å². The Kier molecular flexibility index (Phi) is 2.85. The van der Waals surface area contributed by atoms with Crippen molar-refractivity contribution in [3.63, 3.8) is 0 Å². The number of halogens is 1. The molecular weight excluding hydrogens is 318 g/mol. The van der Waals surface area contributed by atoms with Crippen molar-refractivity contribution in [3.8, 4) is 0 Å². The molecule has 3 nitrogen and oxygen atoms in total. The van der Waals surface area contributed by atoms with Crippen LogP contribution in [0.1, 0.15) is 36.6 Å². The molecule has 20 heavy (non-hydrogen) atoms. The van der Waals surface area contributed by atoms with Gasteiger partial charge in [-0.3, -0.25) is 4.57 Å². The number of benzene rings is 1. The lowest BCUT2D eigenvalue weighted by Gasteiger charge is -2.19. The molecule has 1 aromatic carbocycles. The summed E-state index contributed by atoms with van der Waals surface area (Å²) in [4.78, 5) is 12.1. The second-order valence-corrected chi connectivity index (χ2v) is 7.22. The van der Waals surface area contributed by atoms with Crippen LogP contribution in [-0.2, 0) is 6.54 Å². The van der Waals surface area contributed by atoms with E-state index in [4.69, 9.17) is 4.42 Å². The lowest BCUT2D eigenvalue weighted by atomic mass is 9.94. The third-order valence-corrected chi connectivity index (χ3v) is 6.30. The first-order valence-corrected chi connectivity index (χ1v) is 8.36. The fourth-order valence-electron chi connectivity index (χ4n) is 3.83. The van der Waals surface area contributed by atoms with Gasteiger partial charge < -0.3 is 4.42 Å². The van der Waals surface area contributed by atoms with Crippen LogP contribution in [0.25, 0.3) is 11.1 Å². The minimum Gasteiger partial charge on any atom is -0.408 e. The molecule has 0 amide bonds. The van der Waals surface area contributed by atoms with Crippen molar-refractivity contribution >= 4 is 27.0 Å². The predicted octanol–water partition coefficient (Wildman–Crippen LogP) is 4.10. The van der Waals surface area contributed by atoms with Gasteiger partial charge in [-0.15, -0.1) is 0 Å². The van der Waals surface area contributed by atoms with Crippen molar-refractivity contribution in [2.24, 2.45) is 17.8 Å². The van der Waals surface area contributed by atoms with E-state index >= 15 is 0 Å². The van der Waals surface area contributed by atoms with Gasteiger partial charge in [-0.25, -0.2) is 4.79 Å². The molecule has 3 atom stereocenters. The fourth-order valence-corrected chi connectivity index (χ4v) is 4.54. The first-order chi connectivity index (χ1) is 9.67. The van der Waals surface area contributed by atoms with Gasteiger partial charge in [0, 0.05) is 11.4 Å². The minimum absolute atomic E-state index is 0.257. The van der Waals surface area contributed by atoms with Gasteiger partial charge in [0.15, 0.2) is 5.58 Å². The number of alkyl halides is 1. The standard InChI is InChI=1S/C16H18BrNO2/c1-2-18-13-4-3-9(8-14(13)20-16(18)19)15(17)12-6-10-5-11(10)7-12/h3-4,8,10-12,15H,2,5-7H2,1H3. The van der Waals surface area contributed by atoms with Crippen molar-refractivity contribution in [2.75, 3.05) is 0 Å². The van der Waals surface area contributed by atoms with Crippen LogP contribution < -0.4 is 5.76 Å². The zero-order valence-electron chi connectivity index (χ0n) is 11.5. The molecule has 106 valence electrons. The highest BCUT2D eigenvalue weighted by molar-refractivity contribution is 9.09. The van der Waals surface area contributed by atoms with E-state index in [1.54, 1.807) is 4.57 Å². The second-order valence-electron chi connectivity index (χ2n) is 6.23. The molecule has 0 N–H and O–H groups in total. The molecule has 3 unspecified atom stereocenters. The van der Waals surface area contributed by atoms with Crippen molar-refractivity contribution in [1.82, 2.24) is 4.57 Å². The Bertz CT molecular complexity index is 707. The Labute approximate surface area is 126 Å². The molecule has 2 aliphatic carbocycles. The summed E-state index contributed by atoms with van der Waals surface area (Å²) in [6, 6.07) is 6.18. The summed E-state index contributed by atoms with van der Waals surface area (Å²) in [6.07, 6.45) is 4.14. The highest BCUT2D eigenvalue weighted by Gasteiger charge is 2.47. The van der Waals surface area contributed by atoms with Crippen molar-refractivity contribution in [3.05, 3.63) is 34.3 Å². The van der Waals surface area contributed by atoms with Gasteiger partial charge in [0.2, 0.25) is 0 Å². The van der Waals surface area contributed by atoms with Crippen LogP contribution in [0.15, 0.2) is 27.4 Å². The van der Waals surface area contributed by atoms with Gasteiger partial charge in [-0.2, -0.15) is 0 Å². The van der Waals surface area contributed by atoms with Crippen LogP contribution >= 0.6 is 15.9 Å². The Morgan fingerprint density at radius 1 is 1.35 bits per heavy atom. The Hall–Kier alpha value is -1.03. The minimum atomic E-state index is -0.257. The van der Waals surface area contributed by atoms with Crippen LogP contribution in [0.3, 0.4) is 0 Å². The lowest BCUT2D eigenvalue weighted by Crippen LogP contribution is -2.12. The Morgan fingerprint density at radius 2 is 2.10 bits per heavy atom. The van der Waals surface area contributed by atoms with E-state index in [2.05, 4.69) is 22.0 Å². The van der Waals surface area contributed by atoms with E-state index in [-0.39, 0.29) is 5.76 Å². The summed E-state index contributed by atoms with van der Waals surface area (Å²) in [5.41, 5.74) is 2.85. The zero-order valence-corrected chi connectivity index (χ0v) is 13.1. The van der Waals surface area contributed by atoms with Gasteiger partial charge in [0.25, 0.3) is 0 Å². The molecule has 0 aliphatic heterocycles.